The van der Waals surface area contributed by atoms with Crippen LogP contribution < -0.4 is 9.47 Å². The molecule has 0 radical (unpaired) electrons. The number of pyridine rings is 2. The quantitative estimate of drug-likeness (QED) is 0.246. The summed E-state index contributed by atoms with van der Waals surface area (Å²) < 4.78 is 11.3. The van der Waals surface area contributed by atoms with Crippen LogP contribution in [-0.4, -0.2) is 23.0 Å². The fourth-order valence-electron chi connectivity index (χ4n) is 4.09. The first-order valence-corrected chi connectivity index (χ1v) is 10.7. The maximum absolute atomic E-state index is 13.5. The zero-order valence-corrected chi connectivity index (χ0v) is 18.6. The number of rotatable bonds is 4. The summed E-state index contributed by atoms with van der Waals surface area (Å²) in [7, 11) is 1.63. The van der Waals surface area contributed by atoms with Gasteiger partial charge in [-0.3, -0.25) is 4.98 Å². The van der Waals surface area contributed by atoms with Gasteiger partial charge in [0.1, 0.15) is 11.3 Å². The smallest absolute Gasteiger partial charge is 0.344 e. The molecule has 0 aliphatic carbocycles. The average Bonchev–Trinajstić information content (AvgIpc) is 2.83. The van der Waals surface area contributed by atoms with E-state index in [4.69, 9.17) is 14.5 Å². The van der Waals surface area contributed by atoms with Crippen LogP contribution in [0.25, 0.3) is 33.1 Å². The zero-order chi connectivity index (χ0) is 22.9. The molecule has 0 fully saturated rings. The Hall–Kier alpha value is -4.25. The van der Waals surface area contributed by atoms with Crippen molar-refractivity contribution in [3.05, 3.63) is 95.7 Å². The van der Waals surface area contributed by atoms with Crippen molar-refractivity contribution in [2.75, 3.05) is 7.11 Å². The van der Waals surface area contributed by atoms with Gasteiger partial charge < -0.3 is 9.47 Å². The van der Waals surface area contributed by atoms with Crippen LogP contribution in [0.2, 0.25) is 0 Å². The highest BCUT2D eigenvalue weighted by Crippen LogP contribution is 2.31. The Morgan fingerprint density at radius 2 is 1.70 bits per heavy atom. The average molecular weight is 434 g/mol. The number of aryl methyl sites for hydroxylation is 2. The molecule has 0 aliphatic rings. The number of hydrogen-bond donors (Lipinski definition) is 0. The molecular weight excluding hydrogens is 412 g/mol. The van der Waals surface area contributed by atoms with Gasteiger partial charge in [0.25, 0.3) is 0 Å². The standard InChI is InChI=1S/C28H22N2O3/c1-17-13-18(2)26-22(14-17)23(16-24(30-26)20-8-4-10-21(15-20)32-3)28(31)33-25-11-5-7-19-9-6-12-29-27(19)25/h4-16H,1-3H3. The van der Waals surface area contributed by atoms with Gasteiger partial charge in [0.2, 0.25) is 0 Å². The lowest BCUT2D eigenvalue weighted by Gasteiger charge is -2.13. The van der Waals surface area contributed by atoms with Crippen LogP contribution in [0.5, 0.6) is 11.5 Å². The molecule has 0 atom stereocenters. The maximum Gasteiger partial charge on any atom is 0.344 e. The van der Waals surface area contributed by atoms with E-state index < -0.39 is 5.97 Å². The van der Waals surface area contributed by atoms with Crippen LogP contribution in [0.3, 0.4) is 0 Å². The number of benzene rings is 3. The molecule has 5 aromatic rings. The second-order valence-electron chi connectivity index (χ2n) is 7.99. The molecule has 5 rings (SSSR count). The summed E-state index contributed by atoms with van der Waals surface area (Å²) in [5.74, 6) is 0.700. The second kappa shape index (κ2) is 8.36. The largest absolute Gasteiger partial charge is 0.497 e. The van der Waals surface area contributed by atoms with Crippen LogP contribution in [0.4, 0.5) is 0 Å². The van der Waals surface area contributed by atoms with Crippen molar-refractivity contribution in [3.63, 3.8) is 0 Å². The normalized spacial score (nSPS) is 11.0. The Morgan fingerprint density at radius 3 is 2.55 bits per heavy atom. The molecule has 2 heterocycles. The molecule has 0 bridgehead atoms. The summed E-state index contributed by atoms with van der Waals surface area (Å²) in [6, 6.07) is 22.8. The number of para-hydroxylation sites is 1. The highest BCUT2D eigenvalue weighted by atomic mass is 16.5. The number of methoxy groups -OCH3 is 1. The first-order valence-electron chi connectivity index (χ1n) is 10.7. The van der Waals surface area contributed by atoms with Crippen molar-refractivity contribution in [1.29, 1.82) is 0 Å². The molecule has 0 saturated heterocycles. The van der Waals surface area contributed by atoms with E-state index in [0.717, 1.165) is 38.7 Å². The van der Waals surface area contributed by atoms with E-state index >= 15 is 0 Å². The predicted octanol–water partition coefficient (Wildman–Crippen LogP) is 6.29. The third-order valence-corrected chi connectivity index (χ3v) is 5.63. The Kier molecular flexibility index (Phi) is 5.23. The highest BCUT2D eigenvalue weighted by Gasteiger charge is 2.19. The van der Waals surface area contributed by atoms with E-state index in [1.807, 2.05) is 68.4 Å². The Balaban J connectivity index is 1.67. The van der Waals surface area contributed by atoms with Crippen molar-refractivity contribution >= 4 is 27.8 Å². The minimum Gasteiger partial charge on any atom is -0.497 e. The van der Waals surface area contributed by atoms with Crippen molar-refractivity contribution in [2.24, 2.45) is 0 Å². The van der Waals surface area contributed by atoms with Gasteiger partial charge in [-0.05, 0) is 55.8 Å². The molecule has 5 heteroatoms. The summed E-state index contributed by atoms with van der Waals surface area (Å²) in [4.78, 5) is 22.8. The first-order chi connectivity index (χ1) is 16.0. The van der Waals surface area contributed by atoms with Gasteiger partial charge in [-0.15, -0.1) is 0 Å². The van der Waals surface area contributed by atoms with E-state index in [1.54, 1.807) is 25.4 Å². The van der Waals surface area contributed by atoms with Crippen LogP contribution in [-0.2, 0) is 0 Å². The molecule has 0 aliphatic heterocycles. The zero-order valence-electron chi connectivity index (χ0n) is 18.6. The molecule has 0 unspecified atom stereocenters. The molecule has 0 spiro atoms. The number of carbonyl (C=O) groups excluding carboxylic acids is 1. The van der Waals surface area contributed by atoms with Gasteiger partial charge in [-0.25, -0.2) is 9.78 Å². The molecule has 0 N–H and O–H groups in total. The van der Waals surface area contributed by atoms with E-state index in [0.29, 0.717) is 22.5 Å². The molecule has 5 nitrogen and oxygen atoms in total. The van der Waals surface area contributed by atoms with Crippen LogP contribution in [0.15, 0.2) is 79.0 Å². The lowest BCUT2D eigenvalue weighted by atomic mass is 9.99. The Labute approximate surface area is 191 Å². The second-order valence-corrected chi connectivity index (χ2v) is 7.99. The predicted molar refractivity (Wildman–Crippen MR) is 130 cm³/mol. The number of carbonyl (C=O) groups is 1. The van der Waals surface area contributed by atoms with Gasteiger partial charge in [0.05, 0.1) is 23.9 Å². The van der Waals surface area contributed by atoms with Gasteiger partial charge in [0.15, 0.2) is 5.75 Å². The highest BCUT2D eigenvalue weighted by molar-refractivity contribution is 6.07. The summed E-state index contributed by atoms with van der Waals surface area (Å²) in [5, 5.41) is 1.67. The number of aromatic nitrogens is 2. The van der Waals surface area contributed by atoms with Gasteiger partial charge in [-0.1, -0.05) is 42.0 Å². The van der Waals surface area contributed by atoms with Crippen LogP contribution in [0.1, 0.15) is 21.5 Å². The van der Waals surface area contributed by atoms with E-state index in [9.17, 15) is 4.79 Å². The number of nitrogens with zero attached hydrogens (tertiary/aromatic N) is 2. The number of ether oxygens (including phenoxy) is 2. The van der Waals surface area contributed by atoms with E-state index in [1.165, 1.54) is 0 Å². The summed E-state index contributed by atoms with van der Waals surface area (Å²) in [6.07, 6.45) is 1.69. The third kappa shape index (κ3) is 3.89. The van der Waals surface area contributed by atoms with Crippen molar-refractivity contribution in [1.82, 2.24) is 9.97 Å². The van der Waals surface area contributed by atoms with Gasteiger partial charge in [-0.2, -0.15) is 0 Å². The fourth-order valence-corrected chi connectivity index (χ4v) is 4.09. The van der Waals surface area contributed by atoms with Crippen LogP contribution in [0, 0.1) is 13.8 Å². The Morgan fingerprint density at radius 1 is 0.879 bits per heavy atom. The number of hydrogen-bond acceptors (Lipinski definition) is 5. The minimum absolute atomic E-state index is 0.426. The van der Waals surface area contributed by atoms with Gasteiger partial charge >= 0.3 is 5.97 Å². The molecule has 3 aromatic carbocycles. The van der Waals surface area contributed by atoms with Crippen molar-refractivity contribution < 1.29 is 14.3 Å². The molecule has 0 saturated carbocycles. The maximum atomic E-state index is 13.5. The SMILES string of the molecule is COc1cccc(-c2cc(C(=O)Oc3cccc4cccnc34)c3cc(C)cc(C)c3n2)c1. The molecule has 162 valence electrons. The molecular formula is C28H22N2O3. The van der Waals surface area contributed by atoms with Crippen LogP contribution >= 0.6 is 0 Å². The van der Waals surface area contributed by atoms with Crippen molar-refractivity contribution in [2.45, 2.75) is 13.8 Å². The lowest BCUT2D eigenvalue weighted by molar-refractivity contribution is 0.0739. The first kappa shape index (κ1) is 20.6. The van der Waals surface area contributed by atoms with Gasteiger partial charge in [0, 0.05) is 22.5 Å². The molecule has 2 aromatic heterocycles. The number of fused-ring (bicyclic) bond motifs is 2. The van der Waals surface area contributed by atoms with Crippen molar-refractivity contribution in [3.8, 4) is 22.8 Å². The minimum atomic E-state index is -0.449. The van der Waals surface area contributed by atoms with E-state index in [-0.39, 0.29) is 0 Å². The molecule has 33 heavy (non-hydrogen) atoms. The lowest BCUT2D eigenvalue weighted by Crippen LogP contribution is -2.11. The monoisotopic (exact) mass is 434 g/mol. The number of esters is 1. The topological polar surface area (TPSA) is 61.3 Å². The summed E-state index contributed by atoms with van der Waals surface area (Å²) in [6.45, 7) is 4.01. The third-order valence-electron chi connectivity index (χ3n) is 5.63. The van der Waals surface area contributed by atoms with E-state index in [2.05, 4.69) is 11.1 Å². The fraction of sp³-hybridized carbons (Fsp3) is 0.107. The summed E-state index contributed by atoms with van der Waals surface area (Å²) >= 11 is 0. The summed E-state index contributed by atoms with van der Waals surface area (Å²) in [5.41, 5.74) is 5.45. The Bertz CT molecular complexity index is 1520. The molecule has 0 amide bonds.